The number of benzene rings is 2. The number of rotatable bonds is 5. The molecule has 2 N–H and O–H groups in total. The van der Waals surface area contributed by atoms with Gasteiger partial charge in [-0.05, 0) is 49.6 Å². The monoisotopic (exact) mass is 434 g/mol. The minimum atomic E-state index is -0.190. The first-order valence-electron chi connectivity index (χ1n) is 11.2. The lowest BCUT2D eigenvalue weighted by Gasteiger charge is -2.32. The normalized spacial score (nSPS) is 18.8. The van der Waals surface area contributed by atoms with Gasteiger partial charge < -0.3 is 20.4 Å². The number of amides is 3. The average Bonchev–Trinajstić information content (AvgIpc) is 2.83. The van der Waals surface area contributed by atoms with Crippen LogP contribution in [-0.4, -0.2) is 55.3 Å². The van der Waals surface area contributed by atoms with E-state index < -0.39 is 0 Å². The lowest BCUT2D eigenvalue weighted by molar-refractivity contribution is -0.126. The summed E-state index contributed by atoms with van der Waals surface area (Å²) in [6.07, 6.45) is 1.62. The fourth-order valence-electron chi connectivity index (χ4n) is 4.27. The molecule has 0 bridgehead atoms. The molecule has 0 saturated carbocycles. The van der Waals surface area contributed by atoms with Crippen molar-refractivity contribution in [3.63, 3.8) is 0 Å². The van der Waals surface area contributed by atoms with Gasteiger partial charge in [-0.2, -0.15) is 0 Å². The number of anilines is 1. The number of nitrogens with zero attached hydrogens (tertiary/aromatic N) is 2. The van der Waals surface area contributed by atoms with Crippen molar-refractivity contribution in [2.24, 2.45) is 5.92 Å². The number of piperidine rings is 1. The van der Waals surface area contributed by atoms with Gasteiger partial charge in [-0.3, -0.25) is 14.4 Å². The Bertz CT molecular complexity index is 972. The fraction of sp³-hybridized carbons (Fsp3) is 0.400. The third-order valence-electron chi connectivity index (χ3n) is 6.18. The minimum absolute atomic E-state index is 0.00974. The standard InChI is InChI=1S/C25H30N4O3/c1-18-4-8-20(9-5-18)25(32)29-13-2-3-21(16-29)24(31)27-15-19-6-10-22(11-7-19)28-14-12-26-23(30)17-28/h4-11,21H,2-3,12-17H2,1H3,(H,26,30)(H,27,31). The van der Waals surface area contributed by atoms with Crippen molar-refractivity contribution >= 4 is 23.4 Å². The molecular formula is C25H30N4O3. The van der Waals surface area contributed by atoms with Crippen LogP contribution in [0.2, 0.25) is 0 Å². The zero-order valence-corrected chi connectivity index (χ0v) is 18.5. The van der Waals surface area contributed by atoms with Gasteiger partial charge in [0.15, 0.2) is 0 Å². The maximum atomic E-state index is 12.8. The highest BCUT2D eigenvalue weighted by Crippen LogP contribution is 2.20. The van der Waals surface area contributed by atoms with Crippen LogP contribution in [0.1, 0.15) is 34.3 Å². The molecule has 0 spiro atoms. The number of hydrogen-bond donors (Lipinski definition) is 2. The van der Waals surface area contributed by atoms with Crippen molar-refractivity contribution in [2.45, 2.75) is 26.3 Å². The van der Waals surface area contributed by atoms with Gasteiger partial charge in [0, 0.05) is 44.0 Å². The molecule has 1 atom stereocenters. The second-order valence-corrected chi connectivity index (χ2v) is 8.61. The Morgan fingerprint density at radius 2 is 1.81 bits per heavy atom. The van der Waals surface area contributed by atoms with Crippen molar-refractivity contribution in [2.75, 3.05) is 37.6 Å². The maximum Gasteiger partial charge on any atom is 0.253 e. The molecule has 2 aromatic rings. The van der Waals surface area contributed by atoms with Gasteiger partial charge in [-0.1, -0.05) is 29.8 Å². The van der Waals surface area contributed by atoms with Gasteiger partial charge >= 0.3 is 0 Å². The van der Waals surface area contributed by atoms with Crippen molar-refractivity contribution in [1.82, 2.24) is 15.5 Å². The van der Waals surface area contributed by atoms with Crippen LogP contribution in [0.25, 0.3) is 0 Å². The molecule has 2 heterocycles. The van der Waals surface area contributed by atoms with E-state index in [1.165, 1.54) is 0 Å². The van der Waals surface area contributed by atoms with Crippen LogP contribution in [0, 0.1) is 12.8 Å². The topological polar surface area (TPSA) is 81.8 Å². The highest BCUT2D eigenvalue weighted by atomic mass is 16.2. The first-order valence-corrected chi connectivity index (χ1v) is 11.2. The molecule has 2 saturated heterocycles. The summed E-state index contributed by atoms with van der Waals surface area (Å²) in [6.45, 7) is 5.40. The smallest absolute Gasteiger partial charge is 0.253 e. The van der Waals surface area contributed by atoms with Gasteiger partial charge in [0.1, 0.15) is 0 Å². The summed E-state index contributed by atoms with van der Waals surface area (Å²) in [7, 11) is 0. The number of hydrogen-bond acceptors (Lipinski definition) is 4. The molecular weight excluding hydrogens is 404 g/mol. The molecule has 7 nitrogen and oxygen atoms in total. The Morgan fingerprint density at radius 1 is 1.06 bits per heavy atom. The summed E-state index contributed by atoms with van der Waals surface area (Å²) in [6, 6.07) is 15.5. The number of likely N-dealkylation sites (tertiary alicyclic amines) is 1. The van der Waals surface area contributed by atoms with E-state index in [0.29, 0.717) is 38.3 Å². The molecule has 3 amide bonds. The molecule has 0 radical (unpaired) electrons. The quantitative estimate of drug-likeness (QED) is 0.755. The molecule has 1 unspecified atom stereocenters. The van der Waals surface area contributed by atoms with E-state index in [9.17, 15) is 14.4 Å². The van der Waals surface area contributed by atoms with Crippen LogP contribution in [0.15, 0.2) is 48.5 Å². The number of aryl methyl sites for hydroxylation is 1. The number of carbonyl (C=O) groups excluding carboxylic acids is 3. The minimum Gasteiger partial charge on any atom is -0.360 e. The SMILES string of the molecule is Cc1ccc(C(=O)N2CCCC(C(=O)NCc3ccc(N4CCNC(=O)C4)cc3)C2)cc1. The Labute approximate surface area is 188 Å². The van der Waals surface area contributed by atoms with Crippen LogP contribution < -0.4 is 15.5 Å². The predicted octanol–water partition coefficient (Wildman–Crippen LogP) is 2.10. The lowest BCUT2D eigenvalue weighted by Crippen LogP contribution is -2.47. The van der Waals surface area contributed by atoms with E-state index in [-0.39, 0.29) is 23.6 Å². The molecule has 2 fully saturated rings. The molecule has 168 valence electrons. The van der Waals surface area contributed by atoms with Gasteiger partial charge in [-0.25, -0.2) is 0 Å². The van der Waals surface area contributed by atoms with Gasteiger partial charge in [0.05, 0.1) is 12.5 Å². The Kier molecular flexibility index (Phi) is 6.73. The highest BCUT2D eigenvalue weighted by Gasteiger charge is 2.28. The second-order valence-electron chi connectivity index (χ2n) is 8.61. The number of piperazine rings is 1. The largest absolute Gasteiger partial charge is 0.360 e. The first kappa shape index (κ1) is 21.9. The highest BCUT2D eigenvalue weighted by molar-refractivity contribution is 5.94. The van der Waals surface area contributed by atoms with E-state index >= 15 is 0 Å². The van der Waals surface area contributed by atoms with Gasteiger partial charge in [0.25, 0.3) is 5.91 Å². The lowest BCUT2D eigenvalue weighted by atomic mass is 9.96. The van der Waals surface area contributed by atoms with Crippen LogP contribution >= 0.6 is 0 Å². The zero-order valence-electron chi connectivity index (χ0n) is 18.5. The van der Waals surface area contributed by atoms with Crippen LogP contribution in [0.3, 0.4) is 0 Å². The predicted molar refractivity (Wildman–Crippen MR) is 123 cm³/mol. The molecule has 2 aliphatic heterocycles. The molecule has 4 rings (SSSR count). The Balaban J connectivity index is 1.29. The Morgan fingerprint density at radius 3 is 2.53 bits per heavy atom. The Hall–Kier alpha value is -3.35. The third kappa shape index (κ3) is 5.28. The molecule has 0 aromatic heterocycles. The summed E-state index contributed by atoms with van der Waals surface area (Å²) < 4.78 is 0. The molecule has 7 heteroatoms. The second kappa shape index (κ2) is 9.85. The molecule has 32 heavy (non-hydrogen) atoms. The molecule has 0 aliphatic carbocycles. The van der Waals surface area contributed by atoms with E-state index in [2.05, 4.69) is 10.6 Å². The zero-order chi connectivity index (χ0) is 22.5. The van der Waals surface area contributed by atoms with Gasteiger partial charge in [0.2, 0.25) is 11.8 Å². The van der Waals surface area contributed by atoms with Gasteiger partial charge in [-0.15, -0.1) is 0 Å². The third-order valence-corrected chi connectivity index (χ3v) is 6.18. The summed E-state index contributed by atoms with van der Waals surface area (Å²) in [5.74, 6) is -0.174. The molecule has 2 aromatic carbocycles. The van der Waals surface area contributed by atoms with Crippen LogP contribution in [-0.2, 0) is 16.1 Å². The summed E-state index contributed by atoms with van der Waals surface area (Å²) >= 11 is 0. The molecule has 2 aliphatic rings. The van der Waals surface area contributed by atoms with Crippen LogP contribution in [0.5, 0.6) is 0 Å². The van der Waals surface area contributed by atoms with Crippen molar-refractivity contribution in [3.8, 4) is 0 Å². The number of carbonyl (C=O) groups is 3. The number of nitrogens with one attached hydrogen (secondary N) is 2. The van der Waals surface area contributed by atoms with E-state index in [0.717, 1.165) is 36.2 Å². The van der Waals surface area contributed by atoms with Crippen molar-refractivity contribution in [3.05, 3.63) is 65.2 Å². The summed E-state index contributed by atoms with van der Waals surface area (Å²) in [5, 5.41) is 5.85. The summed E-state index contributed by atoms with van der Waals surface area (Å²) in [4.78, 5) is 41.0. The van der Waals surface area contributed by atoms with E-state index in [1.807, 2.05) is 60.4 Å². The van der Waals surface area contributed by atoms with E-state index in [4.69, 9.17) is 0 Å². The summed E-state index contributed by atoms with van der Waals surface area (Å²) in [5.41, 5.74) is 3.80. The van der Waals surface area contributed by atoms with Crippen molar-refractivity contribution < 1.29 is 14.4 Å². The van der Waals surface area contributed by atoms with Crippen LogP contribution in [0.4, 0.5) is 5.69 Å². The van der Waals surface area contributed by atoms with Crippen molar-refractivity contribution in [1.29, 1.82) is 0 Å². The first-order chi connectivity index (χ1) is 15.5. The van der Waals surface area contributed by atoms with E-state index in [1.54, 1.807) is 4.90 Å². The maximum absolute atomic E-state index is 12.8. The fourth-order valence-corrected chi connectivity index (χ4v) is 4.27. The average molecular weight is 435 g/mol.